The molecule has 0 spiro atoms. The number of phenols is 1. The smallest absolute Gasteiger partial charge is 0.259 e. The van der Waals surface area contributed by atoms with Crippen LogP contribution in [0.1, 0.15) is 22.8 Å². The van der Waals surface area contributed by atoms with Gasteiger partial charge in [-0.25, -0.2) is 0 Å². The second kappa shape index (κ2) is 7.33. The van der Waals surface area contributed by atoms with Crippen LogP contribution in [0.25, 0.3) is 0 Å². The number of anilines is 3. The van der Waals surface area contributed by atoms with E-state index in [1.807, 2.05) is 6.07 Å². The van der Waals surface area contributed by atoms with Gasteiger partial charge >= 0.3 is 0 Å². The van der Waals surface area contributed by atoms with E-state index >= 15 is 0 Å². The van der Waals surface area contributed by atoms with E-state index in [-0.39, 0.29) is 17.2 Å². The normalized spacial score (nSPS) is 12.3. The molecule has 0 radical (unpaired) electrons. The molecule has 1 aliphatic rings. The Balaban J connectivity index is 1.80. The van der Waals surface area contributed by atoms with Crippen molar-refractivity contribution in [1.82, 2.24) is 0 Å². The second-order valence-corrected chi connectivity index (χ2v) is 6.14. The van der Waals surface area contributed by atoms with Crippen molar-refractivity contribution in [3.8, 4) is 5.75 Å². The average Bonchev–Trinajstić information content (AvgIpc) is 3.06. The van der Waals surface area contributed by atoms with Crippen LogP contribution >= 0.6 is 0 Å². The molecule has 0 unspecified atom stereocenters. The highest BCUT2D eigenvalue weighted by Gasteiger charge is 2.22. The van der Waals surface area contributed by atoms with Gasteiger partial charge in [-0.3, -0.25) is 14.4 Å². The van der Waals surface area contributed by atoms with E-state index in [1.165, 1.54) is 25.1 Å². The second-order valence-electron chi connectivity index (χ2n) is 6.14. The molecule has 0 bridgehead atoms. The van der Waals surface area contributed by atoms with E-state index in [0.29, 0.717) is 24.3 Å². The third kappa shape index (κ3) is 3.82. The third-order valence-corrected chi connectivity index (χ3v) is 4.31. The number of carbonyl (C=O) groups is 3. The minimum atomic E-state index is -0.511. The Morgan fingerprint density at radius 1 is 1.11 bits per heavy atom. The highest BCUT2D eigenvalue weighted by Crippen LogP contribution is 2.31. The Morgan fingerprint density at radius 3 is 2.52 bits per heavy atom. The van der Waals surface area contributed by atoms with E-state index in [0.717, 1.165) is 17.3 Å². The van der Waals surface area contributed by atoms with Gasteiger partial charge in [0.05, 0.1) is 5.56 Å². The Morgan fingerprint density at radius 2 is 1.81 bits per heavy atom. The molecule has 0 atom stereocenters. The summed E-state index contributed by atoms with van der Waals surface area (Å²) in [6.07, 6.45) is 1.83. The number of rotatable bonds is 4. The molecule has 7 heteroatoms. The lowest BCUT2D eigenvalue weighted by molar-refractivity contribution is -0.116. The number of hydrogen-bond acceptors (Lipinski definition) is 4. The summed E-state index contributed by atoms with van der Waals surface area (Å²) in [6.45, 7) is 5.51. The first-order valence-corrected chi connectivity index (χ1v) is 8.38. The largest absolute Gasteiger partial charge is 0.507 e. The molecule has 0 saturated heterocycles. The SMILES string of the molecule is C=CC(=O)Nc1ccc(O)c(C(=O)Nc2ccc3c(c2)CCN3C(C)=O)c1. The van der Waals surface area contributed by atoms with Crippen LogP contribution in [0.2, 0.25) is 0 Å². The van der Waals surface area contributed by atoms with Crippen LogP contribution < -0.4 is 15.5 Å². The van der Waals surface area contributed by atoms with Gasteiger partial charge in [-0.05, 0) is 54.5 Å². The molecule has 3 rings (SSSR count). The molecule has 1 heterocycles. The average molecular weight is 365 g/mol. The lowest BCUT2D eigenvalue weighted by Crippen LogP contribution is -2.25. The van der Waals surface area contributed by atoms with Crippen molar-refractivity contribution in [3.05, 3.63) is 60.2 Å². The van der Waals surface area contributed by atoms with E-state index in [1.54, 1.807) is 17.0 Å². The number of amides is 3. The Bertz CT molecular complexity index is 952. The predicted molar refractivity (Wildman–Crippen MR) is 103 cm³/mol. The minimum absolute atomic E-state index is 0.0196. The fraction of sp³-hybridized carbons (Fsp3) is 0.150. The van der Waals surface area contributed by atoms with Gasteiger partial charge in [0.15, 0.2) is 0 Å². The van der Waals surface area contributed by atoms with Crippen LogP contribution in [-0.4, -0.2) is 29.4 Å². The quantitative estimate of drug-likeness (QED) is 0.573. The van der Waals surface area contributed by atoms with Gasteiger partial charge in [0, 0.05) is 30.5 Å². The van der Waals surface area contributed by atoms with Crippen molar-refractivity contribution < 1.29 is 19.5 Å². The van der Waals surface area contributed by atoms with Gasteiger partial charge in [-0.1, -0.05) is 6.58 Å². The molecular formula is C20H19N3O4. The maximum atomic E-state index is 12.5. The molecule has 3 amide bonds. The number of nitrogens with one attached hydrogen (secondary N) is 2. The Labute approximate surface area is 156 Å². The number of carbonyl (C=O) groups excluding carboxylic acids is 3. The van der Waals surface area contributed by atoms with Gasteiger partial charge in [0.2, 0.25) is 11.8 Å². The highest BCUT2D eigenvalue weighted by molar-refractivity contribution is 6.08. The first-order chi connectivity index (χ1) is 12.9. The van der Waals surface area contributed by atoms with Crippen LogP contribution in [0.4, 0.5) is 17.1 Å². The molecule has 7 nitrogen and oxygen atoms in total. The number of benzene rings is 2. The summed E-state index contributed by atoms with van der Waals surface area (Å²) in [7, 11) is 0. The van der Waals surface area contributed by atoms with Crippen molar-refractivity contribution in [1.29, 1.82) is 0 Å². The summed E-state index contributed by atoms with van der Waals surface area (Å²) in [5.74, 6) is -1.15. The van der Waals surface area contributed by atoms with Crippen LogP contribution in [0.5, 0.6) is 5.75 Å². The lowest BCUT2D eigenvalue weighted by atomic mass is 10.1. The van der Waals surface area contributed by atoms with E-state index in [2.05, 4.69) is 17.2 Å². The molecule has 2 aromatic rings. The molecular weight excluding hydrogens is 346 g/mol. The lowest BCUT2D eigenvalue weighted by Gasteiger charge is -2.15. The number of hydrogen-bond donors (Lipinski definition) is 3. The Kier molecular flexibility index (Phi) is 4.94. The van der Waals surface area contributed by atoms with Gasteiger partial charge < -0.3 is 20.6 Å². The van der Waals surface area contributed by atoms with Crippen LogP contribution in [-0.2, 0) is 16.0 Å². The predicted octanol–water partition coefficient (Wildman–Crippen LogP) is 2.68. The van der Waals surface area contributed by atoms with Crippen molar-refractivity contribution in [2.75, 3.05) is 22.1 Å². The molecule has 1 aliphatic heterocycles. The Hall–Kier alpha value is -3.61. The molecule has 0 saturated carbocycles. The van der Waals surface area contributed by atoms with Gasteiger partial charge in [-0.15, -0.1) is 0 Å². The number of phenolic OH excluding ortho intramolecular Hbond substituents is 1. The van der Waals surface area contributed by atoms with Gasteiger partial charge in [-0.2, -0.15) is 0 Å². The molecule has 0 aromatic heterocycles. The first kappa shape index (κ1) is 18.2. The summed E-state index contributed by atoms with van der Waals surface area (Å²) in [4.78, 5) is 37.3. The highest BCUT2D eigenvalue weighted by atomic mass is 16.3. The van der Waals surface area contributed by atoms with E-state index in [4.69, 9.17) is 0 Å². The zero-order chi connectivity index (χ0) is 19.6. The maximum Gasteiger partial charge on any atom is 0.259 e. The molecule has 138 valence electrons. The summed E-state index contributed by atoms with van der Waals surface area (Å²) >= 11 is 0. The number of nitrogens with zero attached hydrogens (tertiary/aromatic N) is 1. The van der Waals surface area contributed by atoms with Crippen LogP contribution in [0.3, 0.4) is 0 Å². The maximum absolute atomic E-state index is 12.5. The zero-order valence-electron chi connectivity index (χ0n) is 14.8. The van der Waals surface area contributed by atoms with E-state index in [9.17, 15) is 19.5 Å². The zero-order valence-corrected chi connectivity index (χ0v) is 14.8. The molecule has 0 fully saturated rings. The minimum Gasteiger partial charge on any atom is -0.507 e. The van der Waals surface area contributed by atoms with Crippen molar-refractivity contribution in [2.24, 2.45) is 0 Å². The number of fused-ring (bicyclic) bond motifs is 1. The van der Waals surface area contributed by atoms with Crippen molar-refractivity contribution in [2.45, 2.75) is 13.3 Å². The summed E-state index contributed by atoms with van der Waals surface area (Å²) in [5.41, 5.74) is 2.78. The standard InChI is InChI=1S/C20H19N3O4/c1-3-19(26)21-15-5-7-18(25)16(11-15)20(27)22-14-4-6-17-13(10-14)8-9-23(17)12(2)24/h3-7,10-11,25H,1,8-9H2,2H3,(H,21,26)(H,22,27). The summed E-state index contributed by atoms with van der Waals surface area (Å²) < 4.78 is 0. The molecule has 2 aromatic carbocycles. The van der Waals surface area contributed by atoms with Crippen LogP contribution in [0, 0.1) is 0 Å². The summed E-state index contributed by atoms with van der Waals surface area (Å²) in [5, 5.41) is 15.3. The van der Waals surface area contributed by atoms with Gasteiger partial charge in [0.25, 0.3) is 5.91 Å². The fourth-order valence-electron chi connectivity index (χ4n) is 2.99. The van der Waals surface area contributed by atoms with Crippen molar-refractivity contribution >= 4 is 34.8 Å². The topological polar surface area (TPSA) is 98.7 Å². The molecule has 3 N–H and O–H groups in total. The third-order valence-electron chi connectivity index (χ3n) is 4.31. The molecule has 0 aliphatic carbocycles. The van der Waals surface area contributed by atoms with Crippen molar-refractivity contribution in [3.63, 3.8) is 0 Å². The monoisotopic (exact) mass is 365 g/mol. The fourth-order valence-corrected chi connectivity index (χ4v) is 2.99. The summed E-state index contributed by atoms with van der Waals surface area (Å²) in [6, 6.07) is 9.52. The van der Waals surface area contributed by atoms with Crippen LogP contribution in [0.15, 0.2) is 49.1 Å². The molecule has 27 heavy (non-hydrogen) atoms. The van der Waals surface area contributed by atoms with E-state index < -0.39 is 11.8 Å². The number of aromatic hydroxyl groups is 1. The first-order valence-electron chi connectivity index (χ1n) is 8.38. The van der Waals surface area contributed by atoms with Gasteiger partial charge in [0.1, 0.15) is 5.75 Å².